The Kier molecular flexibility index (Phi) is 7.14. The summed E-state index contributed by atoms with van der Waals surface area (Å²) < 4.78 is 5.83. The standard InChI is InChI=1S/C21H34N2O2/c1-2-22-12-14-23(15-13-22)16-20(24)17-25-21-10-8-19(9-11-21)18-6-4-3-5-7-18/h8-11,18,20,24H,2-7,12-17H2,1H3/p+2/t20-/m0/s1. The second kappa shape index (κ2) is 9.56. The number of likely N-dealkylation sites (N-methyl/N-ethyl adjacent to an activating group) is 1. The quantitative estimate of drug-likeness (QED) is 0.662. The molecule has 1 saturated carbocycles. The van der Waals surface area contributed by atoms with E-state index < -0.39 is 0 Å². The van der Waals surface area contributed by atoms with Gasteiger partial charge in [-0.05, 0) is 43.4 Å². The first-order valence-electron chi connectivity index (χ1n) is 10.3. The Morgan fingerprint density at radius 2 is 1.64 bits per heavy atom. The fraction of sp³-hybridized carbons (Fsp3) is 0.714. The Labute approximate surface area is 152 Å². The summed E-state index contributed by atoms with van der Waals surface area (Å²) in [6, 6.07) is 8.59. The van der Waals surface area contributed by atoms with Crippen molar-refractivity contribution in [1.29, 1.82) is 0 Å². The van der Waals surface area contributed by atoms with Crippen molar-refractivity contribution >= 4 is 0 Å². The number of aliphatic hydroxyl groups excluding tert-OH is 1. The molecule has 0 bridgehead atoms. The predicted molar refractivity (Wildman–Crippen MR) is 101 cm³/mol. The molecule has 0 spiro atoms. The molecule has 2 fully saturated rings. The molecular formula is C21H36N2O2+2. The Hall–Kier alpha value is -1.10. The minimum atomic E-state index is -0.379. The fourth-order valence-electron chi connectivity index (χ4n) is 4.37. The van der Waals surface area contributed by atoms with E-state index in [2.05, 4.69) is 31.2 Å². The molecule has 1 aliphatic carbocycles. The average molecular weight is 349 g/mol. The zero-order valence-electron chi connectivity index (χ0n) is 15.8. The molecule has 1 aromatic rings. The maximum Gasteiger partial charge on any atom is 0.137 e. The van der Waals surface area contributed by atoms with Gasteiger partial charge >= 0.3 is 0 Å². The number of piperazine rings is 1. The summed E-state index contributed by atoms with van der Waals surface area (Å²) in [5.41, 5.74) is 1.45. The van der Waals surface area contributed by atoms with Gasteiger partial charge in [-0.25, -0.2) is 0 Å². The first-order chi connectivity index (χ1) is 12.2. The Bertz CT molecular complexity index is 491. The lowest BCUT2D eigenvalue weighted by Gasteiger charge is -2.30. The van der Waals surface area contributed by atoms with E-state index in [-0.39, 0.29) is 6.10 Å². The van der Waals surface area contributed by atoms with E-state index in [1.54, 1.807) is 4.90 Å². The van der Waals surface area contributed by atoms with Crippen molar-refractivity contribution < 1.29 is 19.6 Å². The van der Waals surface area contributed by atoms with E-state index in [1.165, 1.54) is 62.2 Å². The van der Waals surface area contributed by atoms with Crippen LogP contribution in [0.4, 0.5) is 0 Å². The molecule has 1 aromatic carbocycles. The van der Waals surface area contributed by atoms with Gasteiger partial charge in [-0.1, -0.05) is 31.4 Å². The monoisotopic (exact) mass is 348 g/mol. The highest BCUT2D eigenvalue weighted by atomic mass is 16.5. The number of hydrogen-bond donors (Lipinski definition) is 3. The largest absolute Gasteiger partial charge is 0.491 e. The van der Waals surface area contributed by atoms with Crippen molar-refractivity contribution in [3.8, 4) is 5.75 Å². The molecule has 2 aliphatic rings. The Morgan fingerprint density at radius 3 is 2.28 bits per heavy atom. The van der Waals surface area contributed by atoms with Crippen LogP contribution in [0.15, 0.2) is 24.3 Å². The number of quaternary nitrogens is 2. The molecule has 0 radical (unpaired) electrons. The molecule has 140 valence electrons. The summed E-state index contributed by atoms with van der Waals surface area (Å²) in [6.45, 7) is 9.45. The topological polar surface area (TPSA) is 38.3 Å². The van der Waals surface area contributed by atoms with Gasteiger partial charge in [0.25, 0.3) is 0 Å². The number of benzene rings is 1. The maximum atomic E-state index is 10.3. The lowest BCUT2D eigenvalue weighted by molar-refractivity contribution is -1.01. The minimum Gasteiger partial charge on any atom is -0.491 e. The smallest absolute Gasteiger partial charge is 0.137 e. The van der Waals surface area contributed by atoms with Gasteiger partial charge in [-0.2, -0.15) is 0 Å². The molecular weight excluding hydrogens is 312 g/mol. The van der Waals surface area contributed by atoms with Gasteiger partial charge in [0.05, 0.1) is 6.54 Å². The molecule has 1 atom stereocenters. The van der Waals surface area contributed by atoms with Crippen molar-refractivity contribution in [3.05, 3.63) is 29.8 Å². The summed E-state index contributed by atoms with van der Waals surface area (Å²) in [5, 5.41) is 10.3. The SMILES string of the molecule is CC[NH+]1CC[NH+](C[C@H](O)COc2ccc(C3CCCCC3)cc2)CC1. The summed E-state index contributed by atoms with van der Waals surface area (Å²) in [6.07, 6.45) is 6.41. The molecule has 1 saturated heterocycles. The Balaban J connectivity index is 1.39. The molecule has 0 unspecified atom stereocenters. The van der Waals surface area contributed by atoms with Crippen LogP contribution < -0.4 is 14.5 Å². The highest BCUT2D eigenvalue weighted by Crippen LogP contribution is 2.33. The van der Waals surface area contributed by atoms with Gasteiger partial charge < -0.3 is 19.6 Å². The van der Waals surface area contributed by atoms with Gasteiger partial charge in [0, 0.05) is 0 Å². The average Bonchev–Trinajstić information content (AvgIpc) is 2.68. The Morgan fingerprint density at radius 1 is 1.00 bits per heavy atom. The minimum absolute atomic E-state index is 0.379. The van der Waals surface area contributed by atoms with E-state index in [9.17, 15) is 5.11 Å². The van der Waals surface area contributed by atoms with Crippen LogP contribution in [0.5, 0.6) is 5.75 Å². The van der Waals surface area contributed by atoms with E-state index in [0.29, 0.717) is 6.61 Å². The number of nitrogens with one attached hydrogen (secondary N) is 2. The molecule has 4 nitrogen and oxygen atoms in total. The van der Waals surface area contributed by atoms with E-state index in [1.807, 2.05) is 0 Å². The lowest BCUT2D eigenvalue weighted by atomic mass is 9.84. The summed E-state index contributed by atoms with van der Waals surface area (Å²) in [4.78, 5) is 3.20. The van der Waals surface area contributed by atoms with Gasteiger partial charge in [0.2, 0.25) is 0 Å². The van der Waals surface area contributed by atoms with Crippen molar-refractivity contribution in [2.45, 2.75) is 51.0 Å². The highest BCUT2D eigenvalue weighted by Gasteiger charge is 2.24. The molecule has 4 heteroatoms. The third-order valence-electron chi connectivity index (χ3n) is 6.09. The molecule has 1 aliphatic heterocycles. The summed E-state index contributed by atoms with van der Waals surface area (Å²) >= 11 is 0. The maximum absolute atomic E-state index is 10.3. The summed E-state index contributed by atoms with van der Waals surface area (Å²) in [5.74, 6) is 1.62. The molecule has 1 heterocycles. The van der Waals surface area contributed by atoms with Gasteiger partial charge in [-0.15, -0.1) is 0 Å². The number of aliphatic hydroxyl groups is 1. The van der Waals surface area contributed by atoms with Crippen molar-refractivity contribution in [3.63, 3.8) is 0 Å². The molecule has 25 heavy (non-hydrogen) atoms. The number of ether oxygens (including phenoxy) is 1. The third kappa shape index (κ3) is 5.70. The van der Waals surface area contributed by atoms with Crippen molar-refractivity contribution in [2.24, 2.45) is 0 Å². The first-order valence-corrected chi connectivity index (χ1v) is 10.3. The van der Waals surface area contributed by atoms with Crippen LogP contribution in [0.2, 0.25) is 0 Å². The van der Waals surface area contributed by atoms with Crippen LogP contribution in [-0.4, -0.2) is 57.1 Å². The summed E-state index contributed by atoms with van der Waals surface area (Å²) in [7, 11) is 0. The van der Waals surface area contributed by atoms with Crippen LogP contribution in [0, 0.1) is 0 Å². The zero-order valence-corrected chi connectivity index (χ0v) is 15.8. The van der Waals surface area contributed by atoms with Crippen LogP contribution in [0.3, 0.4) is 0 Å². The van der Waals surface area contributed by atoms with Crippen LogP contribution >= 0.6 is 0 Å². The van der Waals surface area contributed by atoms with E-state index >= 15 is 0 Å². The number of hydrogen-bond acceptors (Lipinski definition) is 2. The predicted octanol–water partition coefficient (Wildman–Crippen LogP) is 0.277. The van der Waals surface area contributed by atoms with Crippen molar-refractivity contribution in [1.82, 2.24) is 0 Å². The second-order valence-corrected chi connectivity index (χ2v) is 7.93. The third-order valence-corrected chi connectivity index (χ3v) is 6.09. The molecule has 0 amide bonds. The van der Waals surface area contributed by atoms with E-state index in [0.717, 1.165) is 31.3 Å². The van der Waals surface area contributed by atoms with Crippen LogP contribution in [0.1, 0.15) is 50.5 Å². The van der Waals surface area contributed by atoms with E-state index in [4.69, 9.17) is 4.74 Å². The lowest BCUT2D eigenvalue weighted by Crippen LogP contribution is -3.28. The molecule has 3 rings (SSSR count). The van der Waals surface area contributed by atoms with Gasteiger partial charge in [0.15, 0.2) is 0 Å². The zero-order chi connectivity index (χ0) is 17.5. The van der Waals surface area contributed by atoms with Crippen LogP contribution in [0.25, 0.3) is 0 Å². The second-order valence-electron chi connectivity index (χ2n) is 7.93. The van der Waals surface area contributed by atoms with Gasteiger partial charge in [0.1, 0.15) is 51.2 Å². The number of rotatable bonds is 7. The fourth-order valence-corrected chi connectivity index (χ4v) is 4.37. The van der Waals surface area contributed by atoms with Crippen LogP contribution in [-0.2, 0) is 0 Å². The normalized spacial score (nSPS) is 26.3. The highest BCUT2D eigenvalue weighted by molar-refractivity contribution is 5.29. The molecule has 3 N–H and O–H groups in total. The van der Waals surface area contributed by atoms with Gasteiger partial charge in [-0.3, -0.25) is 0 Å². The van der Waals surface area contributed by atoms with Crippen molar-refractivity contribution in [2.75, 3.05) is 45.9 Å². The first kappa shape index (κ1) is 18.7. The molecule has 0 aromatic heterocycles.